The summed E-state index contributed by atoms with van der Waals surface area (Å²) in [7, 11) is 1.57. The predicted octanol–water partition coefficient (Wildman–Crippen LogP) is 3.29. The zero-order chi connectivity index (χ0) is 19.4. The summed E-state index contributed by atoms with van der Waals surface area (Å²) < 4.78 is 11.4. The maximum Gasteiger partial charge on any atom is 0.442 e. The van der Waals surface area contributed by atoms with Crippen molar-refractivity contribution in [3.05, 3.63) is 62.9 Å². The minimum atomic E-state index is -0.571. The van der Waals surface area contributed by atoms with Gasteiger partial charge in [-0.1, -0.05) is 23.2 Å². The molecule has 0 radical (unpaired) electrons. The number of H-pyrrole nitrogens is 1. The van der Waals surface area contributed by atoms with Gasteiger partial charge in [0.2, 0.25) is 11.6 Å². The van der Waals surface area contributed by atoms with Crippen molar-refractivity contribution >= 4 is 46.6 Å². The summed E-state index contributed by atoms with van der Waals surface area (Å²) in [5.41, 5.74) is 0.603. The number of rotatable bonds is 6. The van der Waals surface area contributed by atoms with Crippen molar-refractivity contribution in [2.45, 2.75) is 5.03 Å². The Bertz CT molecular complexity index is 1020. The number of carbonyl (C=O) groups excluding carboxylic acids is 1. The molecule has 10 heteroatoms. The fourth-order valence-corrected chi connectivity index (χ4v) is 3.26. The Kier molecular flexibility index (Phi) is 6.10. The molecule has 0 bridgehead atoms. The van der Waals surface area contributed by atoms with E-state index in [0.717, 1.165) is 11.8 Å². The summed E-state index contributed by atoms with van der Waals surface area (Å²) >= 11 is 12.8. The van der Waals surface area contributed by atoms with Crippen molar-refractivity contribution in [3.8, 4) is 11.4 Å². The molecule has 0 aliphatic rings. The highest BCUT2D eigenvalue weighted by molar-refractivity contribution is 7.99. The number of amides is 1. The number of anilines is 1. The van der Waals surface area contributed by atoms with Gasteiger partial charge in [0.1, 0.15) is 5.75 Å². The number of hydrogen-bond donors (Lipinski definition) is 2. The van der Waals surface area contributed by atoms with Crippen molar-refractivity contribution in [1.82, 2.24) is 5.27 Å². The Morgan fingerprint density at radius 3 is 2.63 bits per heavy atom. The van der Waals surface area contributed by atoms with Gasteiger partial charge in [-0.2, -0.15) is 0 Å². The monoisotopic (exact) mass is 426 g/mol. The number of carbonyl (C=O) groups is 1. The van der Waals surface area contributed by atoms with Crippen molar-refractivity contribution in [2.24, 2.45) is 0 Å². The number of ether oxygens (including phenoxy) is 1. The Labute approximate surface area is 168 Å². The zero-order valence-corrected chi connectivity index (χ0v) is 16.3. The van der Waals surface area contributed by atoms with E-state index >= 15 is 0 Å². The molecule has 7 nitrogen and oxygen atoms in total. The molecule has 0 aliphatic heterocycles. The van der Waals surface area contributed by atoms with Crippen LogP contribution in [0.25, 0.3) is 5.69 Å². The Balaban J connectivity index is 1.70. The molecule has 140 valence electrons. The highest BCUT2D eigenvalue weighted by Gasteiger charge is 2.25. The number of methoxy groups -OCH3 is 1. The molecule has 0 unspecified atom stereocenters. The second-order valence-corrected chi connectivity index (χ2v) is 7.06. The molecule has 0 spiro atoms. The van der Waals surface area contributed by atoms with Crippen LogP contribution >= 0.6 is 35.0 Å². The van der Waals surface area contributed by atoms with Crippen LogP contribution in [0.5, 0.6) is 5.75 Å². The lowest BCUT2D eigenvalue weighted by Gasteiger charge is -2.05. The van der Waals surface area contributed by atoms with E-state index in [4.69, 9.17) is 32.5 Å². The molecule has 3 aromatic rings. The molecule has 27 heavy (non-hydrogen) atoms. The van der Waals surface area contributed by atoms with Crippen LogP contribution in [-0.2, 0) is 4.79 Å². The number of aromatic nitrogens is 2. The van der Waals surface area contributed by atoms with Crippen LogP contribution in [-0.4, -0.2) is 24.0 Å². The van der Waals surface area contributed by atoms with Gasteiger partial charge in [-0.05, 0) is 52.0 Å². The van der Waals surface area contributed by atoms with Gasteiger partial charge in [0.05, 0.1) is 22.9 Å². The smallest absolute Gasteiger partial charge is 0.442 e. The normalized spacial score (nSPS) is 10.6. The molecule has 1 heterocycles. The van der Waals surface area contributed by atoms with E-state index in [2.05, 4.69) is 10.6 Å². The molecular formula is C17H14Cl2N3O4S+. The van der Waals surface area contributed by atoms with Crippen molar-refractivity contribution in [2.75, 3.05) is 18.2 Å². The molecule has 0 atom stereocenters. The van der Waals surface area contributed by atoms with E-state index in [1.807, 2.05) is 0 Å². The van der Waals surface area contributed by atoms with E-state index in [0.29, 0.717) is 27.2 Å². The van der Waals surface area contributed by atoms with Crippen LogP contribution < -0.4 is 20.4 Å². The van der Waals surface area contributed by atoms with Crippen LogP contribution in [0.15, 0.2) is 56.8 Å². The number of nitrogens with zero attached hydrogens (tertiary/aromatic N) is 1. The maximum atomic E-state index is 12.2. The van der Waals surface area contributed by atoms with Crippen molar-refractivity contribution in [1.29, 1.82) is 0 Å². The van der Waals surface area contributed by atoms with Gasteiger partial charge in [-0.3, -0.25) is 9.32 Å². The first kappa shape index (κ1) is 19.3. The quantitative estimate of drug-likeness (QED) is 0.466. The minimum absolute atomic E-state index is 0.000979. The van der Waals surface area contributed by atoms with Crippen LogP contribution in [0.3, 0.4) is 0 Å². The van der Waals surface area contributed by atoms with Gasteiger partial charge in [0.25, 0.3) is 0 Å². The molecule has 1 amide bonds. The summed E-state index contributed by atoms with van der Waals surface area (Å²) in [6, 6.07) is 11.8. The van der Waals surface area contributed by atoms with Crippen LogP contribution in [0.4, 0.5) is 5.69 Å². The number of thioether (sulfide) groups is 1. The Morgan fingerprint density at radius 1 is 1.22 bits per heavy atom. The van der Waals surface area contributed by atoms with Gasteiger partial charge in [-0.25, -0.2) is 4.79 Å². The van der Waals surface area contributed by atoms with Gasteiger partial charge >= 0.3 is 10.7 Å². The van der Waals surface area contributed by atoms with Crippen molar-refractivity contribution in [3.63, 3.8) is 0 Å². The van der Waals surface area contributed by atoms with E-state index < -0.39 is 5.63 Å². The Hall–Kier alpha value is -2.42. The summed E-state index contributed by atoms with van der Waals surface area (Å²) in [4.78, 5) is 24.1. The van der Waals surface area contributed by atoms with Gasteiger partial charge in [0.15, 0.2) is 0 Å². The molecule has 1 aromatic heterocycles. The molecule has 0 aliphatic carbocycles. The number of hydrogen-bond acceptors (Lipinski definition) is 5. The zero-order valence-electron chi connectivity index (χ0n) is 14.0. The average molecular weight is 427 g/mol. The third-order valence-electron chi connectivity index (χ3n) is 3.48. The number of benzene rings is 2. The fourth-order valence-electron chi connectivity index (χ4n) is 2.19. The lowest BCUT2D eigenvalue weighted by molar-refractivity contribution is -0.704. The highest BCUT2D eigenvalue weighted by atomic mass is 35.5. The topological polar surface area (TPSA) is 88.2 Å². The SMILES string of the molecule is COc1ccc(-[n+]2[nH]oc(=O)c2SCC(=O)Nc2ccc(Cl)c(Cl)c2)cc1. The average Bonchev–Trinajstić information content (AvgIpc) is 3.03. The summed E-state index contributed by atoms with van der Waals surface area (Å²) in [5, 5.41) is 6.19. The van der Waals surface area contributed by atoms with E-state index in [9.17, 15) is 9.59 Å². The van der Waals surface area contributed by atoms with E-state index in [-0.39, 0.29) is 16.7 Å². The molecule has 3 rings (SSSR count). The molecule has 2 aromatic carbocycles. The largest absolute Gasteiger partial charge is 0.497 e. The number of halogens is 2. The summed E-state index contributed by atoms with van der Waals surface area (Å²) in [5.74, 6) is 0.375. The maximum absolute atomic E-state index is 12.2. The van der Waals surface area contributed by atoms with Crippen molar-refractivity contribution < 1.29 is 18.7 Å². The first-order valence-electron chi connectivity index (χ1n) is 7.63. The highest BCUT2D eigenvalue weighted by Crippen LogP contribution is 2.25. The number of nitrogens with one attached hydrogen (secondary N) is 2. The second-order valence-electron chi connectivity index (χ2n) is 5.29. The van der Waals surface area contributed by atoms with E-state index in [1.165, 1.54) is 4.68 Å². The second kappa shape index (κ2) is 8.51. The Morgan fingerprint density at radius 2 is 1.96 bits per heavy atom. The molecule has 0 fully saturated rings. The lowest BCUT2D eigenvalue weighted by atomic mass is 10.3. The third-order valence-corrected chi connectivity index (χ3v) is 5.25. The lowest BCUT2D eigenvalue weighted by Crippen LogP contribution is -2.36. The van der Waals surface area contributed by atoms with Gasteiger partial charge < -0.3 is 10.1 Å². The predicted molar refractivity (Wildman–Crippen MR) is 103 cm³/mol. The third kappa shape index (κ3) is 4.65. The van der Waals surface area contributed by atoms with Crippen LogP contribution in [0.2, 0.25) is 10.0 Å². The summed E-state index contributed by atoms with van der Waals surface area (Å²) in [6.45, 7) is 0. The molecule has 0 saturated carbocycles. The first-order chi connectivity index (χ1) is 13.0. The molecular weight excluding hydrogens is 413 g/mol. The van der Waals surface area contributed by atoms with Gasteiger partial charge in [-0.15, -0.1) is 0 Å². The standard InChI is InChI=1S/C17H13Cl2N3O4S/c1-25-12-5-3-11(4-6-12)22-16(17(24)26-21-22)27-9-15(23)20-10-2-7-13(18)14(19)8-10/h2-8H,9H2,1H3,(H-,20,21,23,24)/p+1. The molecule has 2 N–H and O–H groups in total. The van der Waals surface area contributed by atoms with Crippen LogP contribution in [0.1, 0.15) is 0 Å². The van der Waals surface area contributed by atoms with Gasteiger partial charge in [0, 0.05) is 17.8 Å². The minimum Gasteiger partial charge on any atom is -0.497 e. The summed E-state index contributed by atoms with van der Waals surface area (Å²) in [6.07, 6.45) is 0. The van der Waals surface area contributed by atoms with E-state index in [1.54, 1.807) is 49.6 Å². The number of aromatic amines is 1. The molecule has 0 saturated heterocycles. The fraction of sp³-hybridized carbons (Fsp3) is 0.118. The van der Waals surface area contributed by atoms with Crippen LogP contribution in [0, 0.1) is 0 Å². The first-order valence-corrected chi connectivity index (χ1v) is 9.37.